The molecule has 0 spiro atoms. The summed E-state index contributed by atoms with van der Waals surface area (Å²) in [6.45, 7) is 6.00. The van der Waals surface area contributed by atoms with E-state index in [1.54, 1.807) is 0 Å². The third-order valence-corrected chi connectivity index (χ3v) is 0. The van der Waals surface area contributed by atoms with Crippen molar-refractivity contribution >= 4 is 40.4 Å². The van der Waals surface area contributed by atoms with Crippen molar-refractivity contribution in [2.75, 3.05) is 0 Å². The van der Waals surface area contributed by atoms with Gasteiger partial charge in [0.25, 0.3) is 0 Å². The summed E-state index contributed by atoms with van der Waals surface area (Å²) in [6, 6.07) is 0. The molecule has 0 unspecified atom stereocenters. The van der Waals surface area contributed by atoms with Gasteiger partial charge < -0.3 is 2.85 Å². The Morgan fingerprint density at radius 3 is 1.25 bits per heavy atom. The largest absolute Gasteiger partial charge is 2.00 e. The Kier molecular flexibility index (Phi) is 171. The minimum atomic E-state index is 0. The van der Waals surface area contributed by atoms with Crippen LogP contribution in [0.15, 0.2) is 13.2 Å². The molecule has 0 saturated carbocycles. The third-order valence-electron chi connectivity index (χ3n) is 0. The minimum absolute atomic E-state index is 0. The van der Waals surface area contributed by atoms with Crippen molar-refractivity contribution in [3.05, 3.63) is 13.2 Å². The van der Waals surface area contributed by atoms with Crippen molar-refractivity contribution in [1.82, 2.24) is 0 Å². The molecule has 22 valence electrons. The number of hydrogen-bond acceptors (Lipinski definition) is 0. The van der Waals surface area contributed by atoms with Crippen LogP contribution in [0.2, 0.25) is 0 Å². The van der Waals surface area contributed by atoms with Gasteiger partial charge in [0.05, 0.1) is 0 Å². The zero-order chi connectivity index (χ0) is 2.00. The second kappa shape index (κ2) is 34.6. The third kappa shape index (κ3) is 11.7. The van der Waals surface area contributed by atoms with Crippen LogP contribution in [0.4, 0.5) is 0 Å². The first-order valence-electron chi connectivity index (χ1n) is 0.500. The van der Waals surface area contributed by atoms with E-state index in [-0.39, 0.29) is 43.3 Å². The molecular formula is C2H9AlMg. The summed E-state index contributed by atoms with van der Waals surface area (Å²) in [7, 11) is 0. The van der Waals surface area contributed by atoms with Gasteiger partial charge >= 0.3 is 23.1 Å². The maximum Gasteiger partial charge on any atom is 2.00 e. The molecule has 4 heavy (non-hydrogen) atoms. The average molecular weight is 84.4 g/mol. The van der Waals surface area contributed by atoms with Gasteiger partial charge in [0, 0.05) is 0 Å². The first kappa shape index (κ1) is 19.8. The molecule has 0 N–H and O–H groups in total. The van der Waals surface area contributed by atoms with E-state index < -0.39 is 0 Å². The molecule has 0 nitrogen and oxygen atoms in total. The van der Waals surface area contributed by atoms with Crippen molar-refractivity contribution < 1.29 is 2.85 Å². The van der Waals surface area contributed by atoms with Crippen LogP contribution in [0.3, 0.4) is 0 Å². The standard InChI is InChI=1S/C2H4.Al.Mg.5H/c1-2;;;;;;;/h1-2H2;;;;;;;/q;;+2;;;;2*-1. The van der Waals surface area contributed by atoms with Crippen LogP contribution in [0, 0.1) is 0 Å². The Hall–Kier alpha value is 1.04. The van der Waals surface area contributed by atoms with E-state index in [2.05, 4.69) is 13.2 Å². The summed E-state index contributed by atoms with van der Waals surface area (Å²) in [5, 5.41) is 0. The molecule has 0 aliphatic rings. The predicted octanol–water partition coefficient (Wildman–Crippen LogP) is -0.538. The van der Waals surface area contributed by atoms with Crippen LogP contribution >= 0.6 is 0 Å². The van der Waals surface area contributed by atoms with Crippen LogP contribution in [-0.4, -0.2) is 40.4 Å². The number of hydrogen-bond donors (Lipinski definition) is 0. The minimum Gasteiger partial charge on any atom is -1.00 e. The molecule has 0 rings (SSSR count). The number of rotatable bonds is 0. The van der Waals surface area contributed by atoms with Gasteiger partial charge in [0.1, 0.15) is 0 Å². The molecule has 0 aromatic heterocycles. The summed E-state index contributed by atoms with van der Waals surface area (Å²) < 4.78 is 0. The van der Waals surface area contributed by atoms with E-state index in [1.165, 1.54) is 0 Å². The van der Waals surface area contributed by atoms with E-state index in [1.807, 2.05) is 0 Å². The van der Waals surface area contributed by atoms with E-state index in [9.17, 15) is 0 Å². The van der Waals surface area contributed by atoms with E-state index in [0.717, 1.165) is 0 Å². The normalized spacial score (nSPS) is 1.00. The molecular weight excluding hydrogens is 75.3 g/mol. The smallest absolute Gasteiger partial charge is 1.00 e. The molecule has 0 fully saturated rings. The first-order valence-corrected chi connectivity index (χ1v) is 0.500. The average Bonchev–Trinajstić information content (AvgIpc) is 1.00. The summed E-state index contributed by atoms with van der Waals surface area (Å²) in [6.07, 6.45) is 0. The van der Waals surface area contributed by atoms with Crippen LogP contribution in [0.25, 0.3) is 0 Å². The molecule has 0 atom stereocenters. The van der Waals surface area contributed by atoms with Crippen molar-refractivity contribution in [2.24, 2.45) is 0 Å². The Labute approximate surface area is 56.5 Å². The van der Waals surface area contributed by atoms with Crippen LogP contribution < -0.4 is 0 Å². The zero-order valence-electron chi connectivity index (χ0n) is 4.12. The molecule has 0 amide bonds. The van der Waals surface area contributed by atoms with Crippen LogP contribution in [-0.2, 0) is 0 Å². The SMILES string of the molecule is C=C.[AlH3].[H-].[H-].[Mg+2]. The predicted molar refractivity (Wildman–Crippen MR) is 29.2 cm³/mol. The van der Waals surface area contributed by atoms with Gasteiger partial charge in [-0.3, -0.25) is 0 Å². The van der Waals surface area contributed by atoms with E-state index in [4.69, 9.17) is 0 Å². The summed E-state index contributed by atoms with van der Waals surface area (Å²) in [4.78, 5) is 0. The second-order valence-electron chi connectivity index (χ2n) is 0. The first-order chi connectivity index (χ1) is 1.00. The second-order valence-corrected chi connectivity index (χ2v) is 0. The fourth-order valence-corrected chi connectivity index (χ4v) is 0. The van der Waals surface area contributed by atoms with Crippen molar-refractivity contribution in [2.45, 2.75) is 0 Å². The zero-order valence-corrected chi connectivity index (χ0v) is 3.54. The molecule has 0 saturated heterocycles. The molecule has 0 heterocycles. The maximum atomic E-state index is 3.00. The van der Waals surface area contributed by atoms with Crippen molar-refractivity contribution in [1.29, 1.82) is 0 Å². The Morgan fingerprint density at radius 2 is 1.25 bits per heavy atom. The summed E-state index contributed by atoms with van der Waals surface area (Å²) >= 11 is 0. The quantitative estimate of drug-likeness (QED) is 0.273. The van der Waals surface area contributed by atoms with Gasteiger partial charge in [0.15, 0.2) is 17.4 Å². The van der Waals surface area contributed by atoms with Crippen molar-refractivity contribution in [3.8, 4) is 0 Å². The van der Waals surface area contributed by atoms with Gasteiger partial charge in [0.2, 0.25) is 0 Å². The summed E-state index contributed by atoms with van der Waals surface area (Å²) in [5.74, 6) is 0. The molecule has 0 aromatic rings. The van der Waals surface area contributed by atoms with Crippen molar-refractivity contribution in [3.63, 3.8) is 0 Å². The maximum absolute atomic E-state index is 3.00. The molecule has 0 bridgehead atoms. The molecule has 0 aliphatic carbocycles. The topological polar surface area (TPSA) is 0 Å². The van der Waals surface area contributed by atoms with E-state index in [0.29, 0.717) is 0 Å². The summed E-state index contributed by atoms with van der Waals surface area (Å²) in [5.41, 5.74) is 0. The van der Waals surface area contributed by atoms with Gasteiger partial charge in [-0.25, -0.2) is 0 Å². The van der Waals surface area contributed by atoms with E-state index >= 15 is 0 Å². The van der Waals surface area contributed by atoms with Gasteiger partial charge in [-0.1, -0.05) is 0 Å². The van der Waals surface area contributed by atoms with Gasteiger partial charge in [-0.15, -0.1) is 13.2 Å². The molecule has 0 radical (unpaired) electrons. The molecule has 0 aromatic carbocycles. The molecule has 2 heteroatoms. The van der Waals surface area contributed by atoms with Gasteiger partial charge in [-0.2, -0.15) is 0 Å². The van der Waals surface area contributed by atoms with Crippen LogP contribution in [0.1, 0.15) is 2.85 Å². The molecule has 0 aliphatic heterocycles. The Morgan fingerprint density at radius 1 is 1.25 bits per heavy atom. The van der Waals surface area contributed by atoms with Crippen LogP contribution in [0.5, 0.6) is 0 Å². The fourth-order valence-electron chi connectivity index (χ4n) is 0. The Bertz CT molecular complexity index is 11.5. The fraction of sp³-hybridized carbons (Fsp3) is 0. The monoisotopic (exact) mass is 84.0 g/mol. The Balaban J connectivity index is -0.000000000833. The van der Waals surface area contributed by atoms with Gasteiger partial charge in [-0.05, 0) is 0 Å².